The number of sulfone groups is 1. The van der Waals surface area contributed by atoms with Crippen molar-refractivity contribution in [2.24, 2.45) is 0 Å². The van der Waals surface area contributed by atoms with Gasteiger partial charge in [0.2, 0.25) is 0 Å². The Labute approximate surface area is 84.8 Å². The van der Waals surface area contributed by atoms with Gasteiger partial charge in [0, 0.05) is 16.3 Å². The zero-order valence-electron chi connectivity index (χ0n) is 6.92. The maximum atomic E-state index is 12.4. The van der Waals surface area contributed by atoms with Crippen molar-refractivity contribution in [1.29, 1.82) is 0 Å². The van der Waals surface area contributed by atoms with E-state index in [2.05, 4.69) is 15.9 Å². The van der Waals surface area contributed by atoms with Crippen molar-refractivity contribution < 1.29 is 12.8 Å². The van der Waals surface area contributed by atoms with Crippen LogP contribution in [0.1, 0.15) is 5.56 Å². The van der Waals surface area contributed by atoms with E-state index in [1.807, 2.05) is 0 Å². The molecule has 5 heteroatoms. The van der Waals surface area contributed by atoms with E-state index in [-0.39, 0.29) is 10.5 Å². The lowest BCUT2D eigenvalue weighted by Crippen LogP contribution is -2.01. The van der Waals surface area contributed by atoms with Crippen molar-refractivity contribution in [3.8, 4) is 0 Å². The van der Waals surface area contributed by atoms with Crippen LogP contribution in [0.15, 0.2) is 27.6 Å². The van der Waals surface area contributed by atoms with Crippen molar-refractivity contribution >= 4 is 25.8 Å². The molecule has 13 heavy (non-hydrogen) atoms. The van der Waals surface area contributed by atoms with Gasteiger partial charge in [-0.1, -0.05) is 15.9 Å². The van der Waals surface area contributed by atoms with E-state index in [1.165, 1.54) is 12.1 Å². The van der Waals surface area contributed by atoms with E-state index < -0.39 is 16.5 Å². The van der Waals surface area contributed by atoms with E-state index in [4.69, 9.17) is 0 Å². The van der Waals surface area contributed by atoms with Gasteiger partial charge in [-0.15, -0.1) is 0 Å². The summed E-state index contributed by atoms with van der Waals surface area (Å²) in [5.74, 6) is 0. The third-order valence-corrected chi connectivity index (χ3v) is 3.26. The summed E-state index contributed by atoms with van der Waals surface area (Å²) in [6.45, 7) is -0.776. The summed E-state index contributed by atoms with van der Waals surface area (Å²) in [7, 11) is -3.32. The highest BCUT2D eigenvalue weighted by atomic mass is 79.9. The molecule has 0 fully saturated rings. The van der Waals surface area contributed by atoms with Crippen LogP contribution in [0.3, 0.4) is 0 Å². The lowest BCUT2D eigenvalue weighted by Gasteiger charge is -2.04. The van der Waals surface area contributed by atoms with E-state index in [0.717, 1.165) is 6.26 Å². The molecular formula is C8H8BrFO2S. The molecule has 2 nitrogen and oxygen atoms in total. The zero-order chi connectivity index (χ0) is 10.1. The minimum absolute atomic E-state index is 0.0539. The van der Waals surface area contributed by atoms with Gasteiger partial charge < -0.3 is 0 Å². The normalized spacial score (nSPS) is 11.6. The van der Waals surface area contributed by atoms with Gasteiger partial charge in [-0.25, -0.2) is 12.8 Å². The summed E-state index contributed by atoms with van der Waals surface area (Å²) in [6.07, 6.45) is 1.06. The number of alkyl halides is 1. The van der Waals surface area contributed by atoms with Crippen LogP contribution in [0.5, 0.6) is 0 Å². The average molecular weight is 267 g/mol. The summed E-state index contributed by atoms with van der Waals surface area (Å²) in [5.41, 5.74) is 0.192. The second-order valence-electron chi connectivity index (χ2n) is 2.66. The first-order valence-electron chi connectivity index (χ1n) is 3.49. The molecule has 0 heterocycles. The van der Waals surface area contributed by atoms with Gasteiger partial charge in [-0.3, -0.25) is 0 Å². The Morgan fingerprint density at radius 3 is 2.54 bits per heavy atom. The Balaban J connectivity index is 3.39. The summed E-state index contributed by atoms with van der Waals surface area (Å²) in [4.78, 5) is 0.0539. The fourth-order valence-electron chi connectivity index (χ4n) is 1.01. The fourth-order valence-corrected chi connectivity index (χ4v) is 2.33. The van der Waals surface area contributed by atoms with Crippen LogP contribution in [0, 0.1) is 0 Å². The SMILES string of the molecule is CS(=O)(=O)c1ccc(Br)cc1CF. The van der Waals surface area contributed by atoms with Gasteiger partial charge >= 0.3 is 0 Å². The molecule has 0 spiro atoms. The molecule has 1 aromatic carbocycles. The van der Waals surface area contributed by atoms with Crippen LogP contribution in [0.4, 0.5) is 4.39 Å². The Hall–Kier alpha value is -0.420. The predicted octanol–water partition coefficient (Wildman–Crippen LogP) is 2.32. The van der Waals surface area contributed by atoms with Gasteiger partial charge in [0.1, 0.15) is 6.67 Å². The van der Waals surface area contributed by atoms with Gasteiger partial charge in [-0.2, -0.15) is 0 Å². The van der Waals surface area contributed by atoms with Crippen molar-refractivity contribution in [2.45, 2.75) is 11.6 Å². The third kappa shape index (κ3) is 2.51. The molecule has 0 saturated carbocycles. The number of benzene rings is 1. The Morgan fingerprint density at radius 2 is 2.08 bits per heavy atom. The lowest BCUT2D eigenvalue weighted by molar-refractivity contribution is 0.478. The summed E-state index contributed by atoms with van der Waals surface area (Å²) < 4.78 is 35.4. The van der Waals surface area contributed by atoms with Gasteiger partial charge in [0.05, 0.1) is 4.90 Å². The quantitative estimate of drug-likeness (QED) is 0.824. The lowest BCUT2D eigenvalue weighted by atomic mass is 10.2. The minimum atomic E-state index is -3.32. The van der Waals surface area contributed by atoms with Crippen LogP contribution in [-0.4, -0.2) is 14.7 Å². The summed E-state index contributed by atoms with van der Waals surface area (Å²) >= 11 is 3.14. The molecule has 0 amide bonds. The highest BCUT2D eigenvalue weighted by molar-refractivity contribution is 9.10. The molecule has 0 aliphatic heterocycles. The number of hydrogen-bond acceptors (Lipinski definition) is 2. The highest BCUT2D eigenvalue weighted by Gasteiger charge is 2.12. The van der Waals surface area contributed by atoms with Gasteiger partial charge in [-0.05, 0) is 18.2 Å². The molecule has 0 aliphatic carbocycles. The van der Waals surface area contributed by atoms with E-state index in [0.29, 0.717) is 4.47 Å². The van der Waals surface area contributed by atoms with Crippen LogP contribution < -0.4 is 0 Å². The second-order valence-corrected chi connectivity index (χ2v) is 5.56. The first-order valence-corrected chi connectivity index (χ1v) is 6.18. The fraction of sp³-hybridized carbons (Fsp3) is 0.250. The maximum absolute atomic E-state index is 12.4. The number of rotatable bonds is 2. The van der Waals surface area contributed by atoms with Crippen molar-refractivity contribution in [1.82, 2.24) is 0 Å². The van der Waals surface area contributed by atoms with Crippen LogP contribution in [0.25, 0.3) is 0 Å². The minimum Gasteiger partial charge on any atom is -0.246 e. The molecular weight excluding hydrogens is 259 g/mol. The zero-order valence-corrected chi connectivity index (χ0v) is 9.32. The molecule has 0 unspecified atom stereocenters. The van der Waals surface area contributed by atoms with Gasteiger partial charge in [0.15, 0.2) is 9.84 Å². The largest absolute Gasteiger partial charge is 0.246 e. The number of halogens is 2. The molecule has 72 valence electrons. The second kappa shape index (κ2) is 3.75. The topological polar surface area (TPSA) is 34.1 Å². The number of hydrogen-bond donors (Lipinski definition) is 0. The highest BCUT2D eigenvalue weighted by Crippen LogP contribution is 2.21. The van der Waals surface area contributed by atoms with Crippen LogP contribution in [0.2, 0.25) is 0 Å². The Bertz CT molecular complexity index is 414. The first-order chi connectivity index (χ1) is 5.95. The molecule has 0 saturated heterocycles. The molecule has 0 aromatic heterocycles. The van der Waals surface area contributed by atoms with E-state index >= 15 is 0 Å². The van der Waals surface area contributed by atoms with E-state index in [9.17, 15) is 12.8 Å². The van der Waals surface area contributed by atoms with Crippen molar-refractivity contribution in [2.75, 3.05) is 6.26 Å². The predicted molar refractivity (Wildman–Crippen MR) is 52.1 cm³/mol. The molecule has 1 rings (SSSR count). The van der Waals surface area contributed by atoms with Crippen LogP contribution >= 0.6 is 15.9 Å². The summed E-state index contributed by atoms with van der Waals surface area (Å²) in [6, 6.07) is 4.44. The first kappa shape index (κ1) is 10.7. The molecule has 0 aliphatic rings. The Morgan fingerprint density at radius 1 is 1.46 bits per heavy atom. The molecule has 1 aromatic rings. The standard InChI is InChI=1S/C8H8BrFO2S/c1-13(11,12)8-3-2-7(9)4-6(8)5-10/h2-4H,5H2,1H3. The van der Waals surface area contributed by atoms with Crippen molar-refractivity contribution in [3.63, 3.8) is 0 Å². The summed E-state index contributed by atoms with van der Waals surface area (Å²) in [5, 5.41) is 0. The molecule has 0 N–H and O–H groups in total. The molecule has 0 radical (unpaired) electrons. The monoisotopic (exact) mass is 266 g/mol. The van der Waals surface area contributed by atoms with Crippen molar-refractivity contribution in [3.05, 3.63) is 28.2 Å². The Kier molecular flexibility index (Phi) is 3.08. The third-order valence-electron chi connectivity index (χ3n) is 1.57. The molecule has 0 bridgehead atoms. The average Bonchev–Trinajstić information content (AvgIpc) is 2.01. The van der Waals surface area contributed by atoms with E-state index in [1.54, 1.807) is 6.07 Å². The smallest absolute Gasteiger partial charge is 0.175 e. The van der Waals surface area contributed by atoms with Crippen LogP contribution in [-0.2, 0) is 16.5 Å². The maximum Gasteiger partial charge on any atom is 0.175 e. The van der Waals surface area contributed by atoms with Gasteiger partial charge in [0.25, 0.3) is 0 Å². The molecule has 0 atom stereocenters.